The highest BCUT2D eigenvalue weighted by atomic mass is 16.3. The summed E-state index contributed by atoms with van der Waals surface area (Å²) in [5, 5.41) is 25.8. The predicted octanol–water partition coefficient (Wildman–Crippen LogP) is -3.92. The number of phenolic OH excluding ortho intramolecular Hbond substituents is 1. The van der Waals surface area contributed by atoms with Gasteiger partial charge in [-0.3, -0.25) is 28.8 Å². The molecule has 6 amide bonds. The molecule has 1 aromatic carbocycles. The Morgan fingerprint density at radius 1 is 1.03 bits per heavy atom. The monoisotopic (exact) mass is 549 g/mol. The molecule has 1 fully saturated rings. The molecule has 0 aromatic heterocycles. The third-order valence-electron chi connectivity index (χ3n) is 6.14. The van der Waals surface area contributed by atoms with Crippen molar-refractivity contribution in [3.8, 4) is 5.75 Å². The minimum atomic E-state index is -1.26. The van der Waals surface area contributed by atoms with Gasteiger partial charge in [-0.1, -0.05) is 12.1 Å². The predicted molar refractivity (Wildman–Crippen MR) is 136 cm³/mol. The van der Waals surface area contributed by atoms with E-state index in [4.69, 9.17) is 22.3 Å². The zero-order valence-electron chi connectivity index (χ0n) is 21.3. The van der Waals surface area contributed by atoms with Gasteiger partial charge in [0.05, 0.1) is 13.2 Å². The van der Waals surface area contributed by atoms with Crippen LogP contribution in [0.3, 0.4) is 0 Å². The highest BCUT2D eigenvalue weighted by Gasteiger charge is 2.37. The molecule has 1 aromatic rings. The quantitative estimate of drug-likeness (QED) is 0.112. The molecule has 4 atom stereocenters. The lowest BCUT2D eigenvalue weighted by molar-refractivity contribution is -0.141. The van der Waals surface area contributed by atoms with Gasteiger partial charge < -0.3 is 48.3 Å². The minimum absolute atomic E-state index is 0.0278. The van der Waals surface area contributed by atoms with E-state index in [1.807, 2.05) is 0 Å². The Kier molecular flexibility index (Phi) is 11.6. The van der Waals surface area contributed by atoms with Crippen LogP contribution in [0.2, 0.25) is 0 Å². The third-order valence-corrected chi connectivity index (χ3v) is 6.14. The summed E-state index contributed by atoms with van der Waals surface area (Å²) in [7, 11) is 0. The number of hydrogen-bond donors (Lipinski definition) is 8. The average Bonchev–Trinajstić information content (AvgIpc) is 3.39. The number of carbonyl (C=O) groups excluding carboxylic acids is 6. The van der Waals surface area contributed by atoms with E-state index in [-0.39, 0.29) is 31.6 Å². The second-order valence-electron chi connectivity index (χ2n) is 9.16. The maximum atomic E-state index is 12.9. The molecule has 1 saturated heterocycles. The number of phenols is 1. The fraction of sp³-hybridized carbons (Fsp3) is 0.500. The molecular formula is C24H35N7O8. The first-order chi connectivity index (χ1) is 18.4. The number of primary amides is 2. The van der Waals surface area contributed by atoms with Crippen LogP contribution < -0.4 is 33.2 Å². The molecule has 1 heterocycles. The Morgan fingerprint density at radius 2 is 1.69 bits per heavy atom. The van der Waals surface area contributed by atoms with Crippen LogP contribution in [-0.2, 0) is 35.2 Å². The van der Waals surface area contributed by atoms with Crippen molar-refractivity contribution in [2.75, 3.05) is 19.7 Å². The van der Waals surface area contributed by atoms with Crippen molar-refractivity contribution in [2.45, 2.75) is 56.3 Å². The number of aliphatic hydroxyl groups is 1. The number of aliphatic hydroxyl groups excluding tert-OH is 1. The number of hydrogen-bond acceptors (Lipinski definition) is 9. The van der Waals surface area contributed by atoms with Gasteiger partial charge in [0.15, 0.2) is 0 Å². The fourth-order valence-electron chi connectivity index (χ4n) is 4.04. The molecule has 0 radical (unpaired) electrons. The molecule has 1 aliphatic heterocycles. The Bertz CT molecular complexity index is 1070. The average molecular weight is 550 g/mol. The first-order valence-electron chi connectivity index (χ1n) is 12.3. The van der Waals surface area contributed by atoms with Gasteiger partial charge in [-0.05, 0) is 37.0 Å². The number of carbonyl (C=O) groups is 6. The molecule has 15 nitrogen and oxygen atoms in total. The SMILES string of the molecule is NC(=O)CC[C@H](NC(=O)[C@@H]1CCCN1C(=O)[C@@H](N)CO)C(=O)NCC(=O)N[C@@H](Cc1ccc(O)cc1)C(N)=O. The van der Waals surface area contributed by atoms with Crippen LogP contribution in [0.25, 0.3) is 0 Å². The van der Waals surface area contributed by atoms with Crippen molar-refractivity contribution in [1.82, 2.24) is 20.9 Å². The Balaban J connectivity index is 2.00. The summed E-state index contributed by atoms with van der Waals surface area (Å²) >= 11 is 0. The number of benzene rings is 1. The number of nitrogens with two attached hydrogens (primary N) is 3. The van der Waals surface area contributed by atoms with E-state index in [9.17, 15) is 33.9 Å². The number of likely N-dealkylation sites (tertiary alicyclic amines) is 1. The largest absolute Gasteiger partial charge is 0.508 e. The molecule has 214 valence electrons. The zero-order valence-corrected chi connectivity index (χ0v) is 21.3. The van der Waals surface area contributed by atoms with E-state index < -0.39 is 72.8 Å². The van der Waals surface area contributed by atoms with E-state index in [0.29, 0.717) is 18.4 Å². The second kappa shape index (κ2) is 14.6. The standard InChI is InChI=1S/C24H35N7O8/c25-15(12-32)24(39)31-9-1-2-18(31)23(38)30-16(7-8-19(26)34)22(37)28-11-20(35)29-17(21(27)36)10-13-3-5-14(33)6-4-13/h3-6,15-18,32-33H,1-2,7-12,25H2,(H2,26,34)(H2,27,36)(H,28,37)(H,29,35)(H,30,38)/t15-,16-,17-,18-/m0/s1. The lowest BCUT2D eigenvalue weighted by Crippen LogP contribution is -2.56. The van der Waals surface area contributed by atoms with Crippen LogP contribution in [-0.4, -0.2) is 94.4 Å². The number of amides is 6. The summed E-state index contributed by atoms with van der Waals surface area (Å²) in [6.07, 6.45) is 0.437. The van der Waals surface area contributed by atoms with Crippen LogP contribution in [0.1, 0.15) is 31.2 Å². The van der Waals surface area contributed by atoms with Crippen molar-refractivity contribution in [3.05, 3.63) is 29.8 Å². The van der Waals surface area contributed by atoms with Crippen molar-refractivity contribution in [1.29, 1.82) is 0 Å². The molecule has 0 unspecified atom stereocenters. The molecule has 15 heteroatoms. The highest BCUT2D eigenvalue weighted by Crippen LogP contribution is 2.19. The van der Waals surface area contributed by atoms with Crippen molar-refractivity contribution in [3.63, 3.8) is 0 Å². The van der Waals surface area contributed by atoms with Gasteiger partial charge in [-0.2, -0.15) is 0 Å². The fourth-order valence-corrected chi connectivity index (χ4v) is 4.04. The zero-order chi connectivity index (χ0) is 29.1. The van der Waals surface area contributed by atoms with Gasteiger partial charge in [0, 0.05) is 19.4 Å². The molecule has 0 aliphatic carbocycles. The first-order valence-corrected chi connectivity index (χ1v) is 12.3. The molecule has 0 saturated carbocycles. The summed E-state index contributed by atoms with van der Waals surface area (Å²) in [6.45, 7) is -0.921. The van der Waals surface area contributed by atoms with E-state index in [1.165, 1.54) is 17.0 Å². The van der Waals surface area contributed by atoms with E-state index in [0.717, 1.165) is 0 Å². The van der Waals surface area contributed by atoms with Crippen molar-refractivity contribution in [2.24, 2.45) is 17.2 Å². The number of nitrogens with zero attached hydrogens (tertiary/aromatic N) is 1. The van der Waals surface area contributed by atoms with Crippen LogP contribution in [0.4, 0.5) is 0 Å². The van der Waals surface area contributed by atoms with E-state index in [1.54, 1.807) is 12.1 Å². The van der Waals surface area contributed by atoms with Gasteiger partial charge >= 0.3 is 0 Å². The van der Waals surface area contributed by atoms with Gasteiger partial charge in [0.25, 0.3) is 0 Å². The molecule has 11 N–H and O–H groups in total. The van der Waals surface area contributed by atoms with Crippen LogP contribution in [0, 0.1) is 0 Å². The second-order valence-corrected chi connectivity index (χ2v) is 9.16. The molecule has 1 aliphatic rings. The highest BCUT2D eigenvalue weighted by molar-refractivity contribution is 5.95. The third kappa shape index (κ3) is 9.54. The lowest BCUT2D eigenvalue weighted by atomic mass is 10.1. The maximum Gasteiger partial charge on any atom is 0.243 e. The van der Waals surface area contributed by atoms with Gasteiger partial charge in [-0.15, -0.1) is 0 Å². The van der Waals surface area contributed by atoms with E-state index in [2.05, 4.69) is 16.0 Å². The molecule has 0 spiro atoms. The van der Waals surface area contributed by atoms with Crippen molar-refractivity contribution >= 4 is 35.4 Å². The minimum Gasteiger partial charge on any atom is -0.508 e. The topological polar surface area (TPSA) is 260 Å². The van der Waals surface area contributed by atoms with Crippen LogP contribution in [0.15, 0.2) is 24.3 Å². The molecule has 0 bridgehead atoms. The molecule has 39 heavy (non-hydrogen) atoms. The van der Waals surface area contributed by atoms with Gasteiger partial charge in [0.2, 0.25) is 35.4 Å². The molecule has 2 rings (SSSR count). The summed E-state index contributed by atoms with van der Waals surface area (Å²) in [5.74, 6) is -4.31. The Morgan fingerprint density at radius 3 is 2.28 bits per heavy atom. The molecular weight excluding hydrogens is 514 g/mol. The smallest absolute Gasteiger partial charge is 0.243 e. The number of rotatable bonds is 14. The number of nitrogens with one attached hydrogen (secondary N) is 3. The van der Waals surface area contributed by atoms with Crippen molar-refractivity contribution < 1.29 is 39.0 Å². The summed E-state index contributed by atoms with van der Waals surface area (Å²) in [6, 6.07) is 1.47. The Hall–Kier alpha value is -4.24. The van der Waals surface area contributed by atoms with Gasteiger partial charge in [-0.25, -0.2) is 0 Å². The lowest BCUT2D eigenvalue weighted by Gasteiger charge is -2.27. The maximum absolute atomic E-state index is 12.9. The first kappa shape index (κ1) is 31.0. The van der Waals surface area contributed by atoms with Gasteiger partial charge in [0.1, 0.15) is 29.9 Å². The van der Waals surface area contributed by atoms with Crippen LogP contribution in [0.5, 0.6) is 5.75 Å². The summed E-state index contributed by atoms with van der Waals surface area (Å²) < 4.78 is 0. The van der Waals surface area contributed by atoms with E-state index >= 15 is 0 Å². The van der Waals surface area contributed by atoms with Crippen LogP contribution >= 0.6 is 0 Å². The summed E-state index contributed by atoms with van der Waals surface area (Å²) in [4.78, 5) is 74.9. The Labute approximate surface area is 224 Å². The number of aromatic hydroxyl groups is 1. The summed E-state index contributed by atoms with van der Waals surface area (Å²) in [5.41, 5.74) is 16.8. The normalized spacial score (nSPS) is 17.0.